The van der Waals surface area contributed by atoms with Crippen LogP contribution in [0.15, 0.2) is 76.5 Å². The number of sulfonamides is 1. The molecule has 0 saturated heterocycles. The van der Waals surface area contributed by atoms with E-state index in [1.165, 1.54) is 28.8 Å². The van der Waals surface area contributed by atoms with E-state index in [1.54, 1.807) is 68.4 Å². The predicted molar refractivity (Wildman–Crippen MR) is 175 cm³/mol. The van der Waals surface area contributed by atoms with Crippen LogP contribution in [0.2, 0.25) is 10.0 Å². The number of carbonyl (C=O) groups is 2. The van der Waals surface area contributed by atoms with Crippen molar-refractivity contribution in [3.63, 3.8) is 0 Å². The first-order valence-corrected chi connectivity index (χ1v) is 17.3. The Bertz CT molecular complexity index is 1500. The number of hydrogen-bond donors (Lipinski definition) is 1. The van der Waals surface area contributed by atoms with Gasteiger partial charge in [0.15, 0.2) is 0 Å². The number of amides is 2. The van der Waals surface area contributed by atoms with Crippen molar-refractivity contribution in [1.29, 1.82) is 0 Å². The molecular weight excluding hydrogens is 629 g/mol. The Balaban J connectivity index is 2.07. The van der Waals surface area contributed by atoms with E-state index in [0.717, 1.165) is 22.0 Å². The quantitative estimate of drug-likeness (QED) is 0.144. The highest BCUT2D eigenvalue weighted by Crippen LogP contribution is 2.33. The van der Waals surface area contributed by atoms with Crippen LogP contribution >= 0.6 is 35.0 Å². The number of benzene rings is 3. The normalized spacial score (nSPS) is 12.0. The molecule has 3 aromatic carbocycles. The number of hydrogen-bond acceptors (Lipinski definition) is 6. The lowest BCUT2D eigenvalue weighted by atomic mass is 10.1. The van der Waals surface area contributed by atoms with E-state index in [2.05, 4.69) is 5.32 Å². The molecule has 0 aliphatic rings. The molecule has 43 heavy (non-hydrogen) atoms. The van der Waals surface area contributed by atoms with Gasteiger partial charge in [-0.15, -0.1) is 11.8 Å². The van der Waals surface area contributed by atoms with E-state index >= 15 is 0 Å². The molecule has 0 spiro atoms. The smallest absolute Gasteiger partial charge is 0.264 e. The first-order chi connectivity index (χ1) is 20.5. The molecule has 12 heteroatoms. The molecule has 0 bridgehead atoms. The van der Waals surface area contributed by atoms with Gasteiger partial charge in [-0.2, -0.15) is 0 Å². The molecule has 0 aliphatic heterocycles. The van der Waals surface area contributed by atoms with Crippen LogP contribution in [0.3, 0.4) is 0 Å². The number of thioether (sulfide) groups is 1. The highest BCUT2D eigenvalue weighted by molar-refractivity contribution is 7.98. The van der Waals surface area contributed by atoms with E-state index in [0.29, 0.717) is 34.5 Å². The highest BCUT2D eigenvalue weighted by Gasteiger charge is 2.34. The molecule has 0 unspecified atom stereocenters. The van der Waals surface area contributed by atoms with Crippen LogP contribution < -0.4 is 14.4 Å². The summed E-state index contributed by atoms with van der Waals surface area (Å²) in [5.74, 6) is -0.623. The van der Waals surface area contributed by atoms with Gasteiger partial charge >= 0.3 is 0 Å². The van der Waals surface area contributed by atoms with Gasteiger partial charge in [0, 0.05) is 18.0 Å². The zero-order chi connectivity index (χ0) is 31.6. The maximum Gasteiger partial charge on any atom is 0.264 e. The Kier molecular flexibility index (Phi) is 13.1. The van der Waals surface area contributed by atoms with Gasteiger partial charge in [0.25, 0.3) is 10.0 Å². The van der Waals surface area contributed by atoms with Crippen molar-refractivity contribution < 1.29 is 22.7 Å². The van der Waals surface area contributed by atoms with Crippen molar-refractivity contribution >= 4 is 62.5 Å². The third-order valence-corrected chi connectivity index (χ3v) is 9.95. The number of carbonyl (C=O) groups excluding carboxylic acids is 2. The minimum Gasteiger partial charge on any atom is -0.492 e. The second kappa shape index (κ2) is 16.2. The molecule has 232 valence electrons. The van der Waals surface area contributed by atoms with Crippen molar-refractivity contribution in [3.8, 4) is 5.75 Å². The molecule has 1 atom stereocenters. The molecular formula is C31H37Cl2N3O5S2. The van der Waals surface area contributed by atoms with Crippen LogP contribution in [-0.2, 0) is 26.2 Å². The fourth-order valence-electron chi connectivity index (χ4n) is 4.28. The number of rotatable bonds is 15. The summed E-state index contributed by atoms with van der Waals surface area (Å²) in [4.78, 5) is 29.6. The Morgan fingerprint density at radius 3 is 2.33 bits per heavy atom. The fourth-order valence-corrected chi connectivity index (χ4v) is 6.44. The predicted octanol–water partition coefficient (Wildman–Crippen LogP) is 6.64. The standard InChI is InChI=1S/C31H37Cl2N3O5S2/c1-5-7-18-34-31(38)22(3)35(20-23-12-17-26(32)27(33)19-23)30(37)21-36(28-10-8-9-11-29(28)41-6-2)43(39,40)25-15-13-24(42-4)14-16-25/h8-17,19,22H,5-7,18,20-21H2,1-4H3,(H,34,38)/t22-/m0/s1. The minimum atomic E-state index is -4.24. The average molecular weight is 667 g/mol. The summed E-state index contributed by atoms with van der Waals surface area (Å²) in [6.45, 7) is 5.60. The summed E-state index contributed by atoms with van der Waals surface area (Å²) in [6.07, 6.45) is 3.58. The maximum atomic E-state index is 14.1. The van der Waals surface area contributed by atoms with Gasteiger partial charge in [-0.05, 0) is 80.6 Å². The van der Waals surface area contributed by atoms with Crippen LogP contribution in [0.5, 0.6) is 5.75 Å². The van der Waals surface area contributed by atoms with Gasteiger partial charge in [-0.3, -0.25) is 13.9 Å². The number of unbranched alkanes of at least 4 members (excludes halogenated alkanes) is 1. The summed E-state index contributed by atoms with van der Waals surface area (Å²) in [6, 6.07) is 17.1. The van der Waals surface area contributed by atoms with Gasteiger partial charge in [-0.25, -0.2) is 8.42 Å². The van der Waals surface area contributed by atoms with Crippen LogP contribution in [0.25, 0.3) is 0 Å². The molecule has 0 fully saturated rings. The second-order valence-electron chi connectivity index (χ2n) is 9.68. The van der Waals surface area contributed by atoms with E-state index < -0.39 is 28.5 Å². The van der Waals surface area contributed by atoms with Crippen molar-refractivity contribution in [2.75, 3.05) is 30.3 Å². The summed E-state index contributed by atoms with van der Waals surface area (Å²) < 4.78 is 35.1. The Labute approximate surface area is 268 Å². The lowest BCUT2D eigenvalue weighted by Crippen LogP contribution is -2.51. The van der Waals surface area contributed by atoms with Gasteiger partial charge in [0.1, 0.15) is 18.3 Å². The lowest BCUT2D eigenvalue weighted by molar-refractivity contribution is -0.139. The van der Waals surface area contributed by atoms with Crippen molar-refractivity contribution in [2.24, 2.45) is 0 Å². The zero-order valence-electron chi connectivity index (χ0n) is 24.7. The van der Waals surface area contributed by atoms with Crippen molar-refractivity contribution in [2.45, 2.75) is 56.0 Å². The summed E-state index contributed by atoms with van der Waals surface area (Å²) >= 11 is 13.8. The van der Waals surface area contributed by atoms with Gasteiger partial charge in [0.2, 0.25) is 11.8 Å². The molecule has 0 radical (unpaired) electrons. The monoisotopic (exact) mass is 665 g/mol. The Hall–Kier alpha value is -2.92. The number of para-hydroxylation sites is 2. The molecule has 3 aromatic rings. The molecule has 0 heterocycles. The van der Waals surface area contributed by atoms with Crippen molar-refractivity contribution in [3.05, 3.63) is 82.3 Å². The van der Waals surface area contributed by atoms with Crippen LogP contribution in [0, 0.1) is 0 Å². The second-order valence-corrected chi connectivity index (χ2v) is 13.2. The maximum absolute atomic E-state index is 14.1. The van der Waals surface area contributed by atoms with Gasteiger partial charge in [0.05, 0.1) is 27.2 Å². The molecule has 3 rings (SSSR count). The average Bonchev–Trinajstić information content (AvgIpc) is 3.00. The van der Waals surface area contributed by atoms with Crippen molar-refractivity contribution in [1.82, 2.24) is 10.2 Å². The molecule has 8 nitrogen and oxygen atoms in total. The topological polar surface area (TPSA) is 96.0 Å². The van der Waals surface area contributed by atoms with E-state index in [-0.39, 0.29) is 23.0 Å². The van der Waals surface area contributed by atoms with Crippen LogP contribution in [-0.4, -0.2) is 57.1 Å². The van der Waals surface area contributed by atoms with E-state index in [1.807, 2.05) is 13.2 Å². The van der Waals surface area contributed by atoms with E-state index in [4.69, 9.17) is 27.9 Å². The number of ether oxygens (including phenoxy) is 1. The molecule has 0 saturated carbocycles. The minimum absolute atomic E-state index is 0.00149. The lowest BCUT2D eigenvalue weighted by Gasteiger charge is -2.32. The first-order valence-electron chi connectivity index (χ1n) is 13.9. The van der Waals surface area contributed by atoms with Crippen LogP contribution in [0.1, 0.15) is 39.2 Å². The van der Waals surface area contributed by atoms with Gasteiger partial charge < -0.3 is 15.0 Å². The fraction of sp³-hybridized carbons (Fsp3) is 0.355. The largest absolute Gasteiger partial charge is 0.492 e. The number of anilines is 1. The summed E-state index contributed by atoms with van der Waals surface area (Å²) in [5, 5.41) is 3.52. The third kappa shape index (κ3) is 9.04. The van der Waals surface area contributed by atoms with Crippen LogP contribution in [0.4, 0.5) is 5.69 Å². The summed E-state index contributed by atoms with van der Waals surface area (Å²) in [7, 11) is -4.24. The van der Waals surface area contributed by atoms with E-state index in [9.17, 15) is 18.0 Å². The third-order valence-electron chi connectivity index (χ3n) is 6.69. The highest BCUT2D eigenvalue weighted by atomic mass is 35.5. The molecule has 0 aliphatic carbocycles. The molecule has 2 amide bonds. The molecule has 1 N–H and O–H groups in total. The Morgan fingerprint density at radius 1 is 1.00 bits per heavy atom. The Morgan fingerprint density at radius 2 is 1.70 bits per heavy atom. The molecule has 0 aromatic heterocycles. The van der Waals surface area contributed by atoms with Gasteiger partial charge in [-0.1, -0.05) is 54.7 Å². The SMILES string of the molecule is CCCCNC(=O)[C@H](C)N(Cc1ccc(Cl)c(Cl)c1)C(=O)CN(c1ccccc1OCC)S(=O)(=O)c1ccc(SC)cc1. The first kappa shape index (κ1) is 34.6. The zero-order valence-corrected chi connectivity index (χ0v) is 27.8. The summed E-state index contributed by atoms with van der Waals surface area (Å²) in [5.41, 5.74) is 0.842. The number of nitrogens with one attached hydrogen (secondary N) is 1. The number of halogens is 2. The number of nitrogens with zero attached hydrogens (tertiary/aromatic N) is 2.